The molecule has 0 spiro atoms. The molecule has 0 aliphatic rings. The Morgan fingerprint density at radius 2 is 2.43 bits per heavy atom. The van der Waals surface area contributed by atoms with Crippen LogP contribution in [0.1, 0.15) is 16.1 Å². The van der Waals surface area contributed by atoms with E-state index >= 15 is 0 Å². The van der Waals surface area contributed by atoms with E-state index in [-0.39, 0.29) is 16.7 Å². The fourth-order valence-corrected chi connectivity index (χ4v) is 1.25. The summed E-state index contributed by atoms with van der Waals surface area (Å²) in [6.45, 7) is 0. The maximum atomic E-state index is 11.7. The van der Waals surface area contributed by atoms with Crippen LogP contribution in [0.15, 0.2) is 22.9 Å². The van der Waals surface area contributed by atoms with Crippen molar-refractivity contribution in [3.05, 3.63) is 35.0 Å². The zero-order chi connectivity index (χ0) is 10.1. The maximum Gasteiger partial charge on any atom is 0.219 e. The highest BCUT2D eigenvalue weighted by Crippen LogP contribution is 2.19. The van der Waals surface area contributed by atoms with E-state index in [2.05, 4.69) is 10.3 Å². The third-order valence-corrected chi connectivity index (χ3v) is 1.99. The molecule has 0 aliphatic carbocycles. The molecule has 0 saturated carbocycles. The molecular weight excluding hydrogens is 206 g/mol. The standard InChI is InChI=1S/C8H6ClN3O2/c1-12-4-6(10-11-12)7(13)5-2-3-14-8(5)9/h2-4H,1H3. The third-order valence-electron chi connectivity index (χ3n) is 1.70. The molecule has 2 rings (SSSR count). The Morgan fingerprint density at radius 3 is 2.93 bits per heavy atom. The summed E-state index contributed by atoms with van der Waals surface area (Å²) in [6, 6.07) is 1.50. The lowest BCUT2D eigenvalue weighted by molar-refractivity contribution is 0.103. The molecule has 6 heteroatoms. The Bertz CT molecular complexity index is 474. The smallest absolute Gasteiger partial charge is 0.219 e. The average molecular weight is 212 g/mol. The molecular formula is C8H6ClN3O2. The van der Waals surface area contributed by atoms with Crippen LogP contribution in [0.3, 0.4) is 0 Å². The summed E-state index contributed by atoms with van der Waals surface area (Å²) < 4.78 is 6.25. The van der Waals surface area contributed by atoms with Gasteiger partial charge in [-0.2, -0.15) is 0 Å². The maximum absolute atomic E-state index is 11.7. The van der Waals surface area contributed by atoms with Gasteiger partial charge in [0.1, 0.15) is 0 Å². The van der Waals surface area contributed by atoms with Crippen molar-refractivity contribution >= 4 is 17.4 Å². The lowest BCUT2D eigenvalue weighted by Crippen LogP contribution is -2.00. The lowest BCUT2D eigenvalue weighted by Gasteiger charge is -1.90. The minimum absolute atomic E-state index is 0.0700. The second-order valence-corrected chi connectivity index (χ2v) is 3.06. The van der Waals surface area contributed by atoms with Gasteiger partial charge in [0.2, 0.25) is 11.0 Å². The van der Waals surface area contributed by atoms with Gasteiger partial charge in [0.25, 0.3) is 0 Å². The van der Waals surface area contributed by atoms with Crippen molar-refractivity contribution in [2.24, 2.45) is 7.05 Å². The number of furan rings is 1. The number of nitrogens with zero attached hydrogens (tertiary/aromatic N) is 3. The van der Waals surface area contributed by atoms with Crippen LogP contribution in [0, 0.1) is 0 Å². The molecule has 2 aromatic heterocycles. The highest BCUT2D eigenvalue weighted by atomic mass is 35.5. The van der Waals surface area contributed by atoms with Crippen LogP contribution in [0.4, 0.5) is 0 Å². The minimum atomic E-state index is -0.295. The highest BCUT2D eigenvalue weighted by Gasteiger charge is 2.17. The summed E-state index contributed by atoms with van der Waals surface area (Å²) in [5.41, 5.74) is 0.544. The monoisotopic (exact) mass is 211 g/mol. The third kappa shape index (κ3) is 1.42. The van der Waals surface area contributed by atoms with Crippen molar-refractivity contribution in [2.45, 2.75) is 0 Å². The summed E-state index contributed by atoms with van der Waals surface area (Å²) >= 11 is 5.65. The molecule has 14 heavy (non-hydrogen) atoms. The first kappa shape index (κ1) is 8.96. The van der Waals surface area contributed by atoms with Crippen LogP contribution in [-0.2, 0) is 7.05 Å². The molecule has 0 aromatic carbocycles. The summed E-state index contributed by atoms with van der Waals surface area (Å²) in [7, 11) is 1.68. The van der Waals surface area contributed by atoms with E-state index in [1.165, 1.54) is 23.2 Å². The van der Waals surface area contributed by atoms with Gasteiger partial charge in [-0.15, -0.1) is 5.10 Å². The van der Waals surface area contributed by atoms with Gasteiger partial charge in [0.15, 0.2) is 5.69 Å². The minimum Gasteiger partial charge on any atom is -0.452 e. The largest absolute Gasteiger partial charge is 0.452 e. The Labute approximate surface area is 84.3 Å². The average Bonchev–Trinajstić information content (AvgIpc) is 2.73. The fraction of sp³-hybridized carbons (Fsp3) is 0.125. The first-order valence-corrected chi connectivity index (χ1v) is 4.20. The normalized spacial score (nSPS) is 10.4. The summed E-state index contributed by atoms with van der Waals surface area (Å²) in [5.74, 6) is -0.295. The fourth-order valence-electron chi connectivity index (χ4n) is 1.05. The van der Waals surface area contributed by atoms with Crippen molar-refractivity contribution in [3.8, 4) is 0 Å². The van der Waals surface area contributed by atoms with Crippen molar-refractivity contribution in [3.63, 3.8) is 0 Å². The number of aromatic nitrogens is 3. The van der Waals surface area contributed by atoms with Crippen LogP contribution in [0.5, 0.6) is 0 Å². The van der Waals surface area contributed by atoms with Crippen molar-refractivity contribution in [1.29, 1.82) is 0 Å². The van der Waals surface area contributed by atoms with Crippen LogP contribution in [0.2, 0.25) is 5.22 Å². The van der Waals surface area contributed by atoms with E-state index in [1.807, 2.05) is 0 Å². The van der Waals surface area contributed by atoms with E-state index < -0.39 is 0 Å². The van der Waals surface area contributed by atoms with Crippen LogP contribution >= 0.6 is 11.6 Å². The van der Waals surface area contributed by atoms with E-state index in [1.54, 1.807) is 7.05 Å². The SMILES string of the molecule is Cn1cc(C(=O)c2ccoc2Cl)nn1. The van der Waals surface area contributed by atoms with E-state index in [9.17, 15) is 4.79 Å². The molecule has 0 bridgehead atoms. The van der Waals surface area contributed by atoms with Crippen molar-refractivity contribution in [1.82, 2.24) is 15.0 Å². The van der Waals surface area contributed by atoms with Gasteiger partial charge >= 0.3 is 0 Å². The summed E-state index contributed by atoms with van der Waals surface area (Å²) in [6.07, 6.45) is 2.87. The van der Waals surface area contributed by atoms with E-state index in [0.29, 0.717) is 5.56 Å². The predicted molar refractivity (Wildman–Crippen MR) is 48.2 cm³/mol. The van der Waals surface area contributed by atoms with Gasteiger partial charge in [0.05, 0.1) is 18.0 Å². The van der Waals surface area contributed by atoms with Gasteiger partial charge in [-0.05, 0) is 17.7 Å². The lowest BCUT2D eigenvalue weighted by atomic mass is 10.2. The zero-order valence-corrected chi connectivity index (χ0v) is 8.02. The Balaban J connectivity index is 2.38. The Kier molecular flexibility index (Phi) is 2.09. The highest BCUT2D eigenvalue weighted by molar-refractivity contribution is 6.33. The quantitative estimate of drug-likeness (QED) is 0.703. The van der Waals surface area contributed by atoms with Gasteiger partial charge < -0.3 is 4.42 Å². The van der Waals surface area contributed by atoms with Gasteiger partial charge in [0, 0.05) is 7.05 Å². The Hall–Kier alpha value is -1.62. The molecule has 0 saturated heterocycles. The van der Waals surface area contributed by atoms with Gasteiger partial charge in [-0.1, -0.05) is 5.21 Å². The molecule has 2 aromatic rings. The molecule has 0 aliphatic heterocycles. The summed E-state index contributed by atoms with van der Waals surface area (Å²) in [5, 5.41) is 7.40. The van der Waals surface area contributed by atoms with E-state index in [0.717, 1.165) is 0 Å². The topological polar surface area (TPSA) is 60.9 Å². The molecule has 0 unspecified atom stereocenters. The van der Waals surface area contributed by atoms with Gasteiger partial charge in [-0.25, -0.2) is 0 Å². The number of carbonyl (C=O) groups excluding carboxylic acids is 1. The second kappa shape index (κ2) is 3.26. The molecule has 72 valence electrons. The second-order valence-electron chi connectivity index (χ2n) is 2.71. The zero-order valence-electron chi connectivity index (χ0n) is 7.27. The number of hydrogen-bond donors (Lipinski definition) is 0. The molecule has 0 amide bonds. The molecule has 5 nitrogen and oxygen atoms in total. The first-order chi connectivity index (χ1) is 6.68. The Morgan fingerprint density at radius 1 is 1.64 bits per heavy atom. The van der Waals surface area contributed by atoms with Crippen molar-refractivity contribution in [2.75, 3.05) is 0 Å². The van der Waals surface area contributed by atoms with E-state index in [4.69, 9.17) is 16.0 Å². The first-order valence-electron chi connectivity index (χ1n) is 3.82. The number of rotatable bonds is 2. The van der Waals surface area contributed by atoms with Crippen molar-refractivity contribution < 1.29 is 9.21 Å². The molecule has 0 radical (unpaired) electrons. The number of carbonyl (C=O) groups is 1. The van der Waals surface area contributed by atoms with Crippen LogP contribution < -0.4 is 0 Å². The predicted octanol–water partition coefficient (Wildman–Crippen LogP) is 1.29. The summed E-state index contributed by atoms with van der Waals surface area (Å²) in [4.78, 5) is 11.7. The number of ketones is 1. The molecule has 0 atom stereocenters. The van der Waals surface area contributed by atoms with Crippen LogP contribution in [-0.4, -0.2) is 20.8 Å². The van der Waals surface area contributed by atoms with Crippen LogP contribution in [0.25, 0.3) is 0 Å². The number of hydrogen-bond acceptors (Lipinski definition) is 4. The molecule has 0 N–H and O–H groups in total. The molecule has 0 fully saturated rings. The number of halogens is 1. The molecule has 2 heterocycles. The number of aryl methyl sites for hydroxylation is 1. The van der Waals surface area contributed by atoms with Gasteiger partial charge in [-0.3, -0.25) is 9.48 Å².